The summed E-state index contributed by atoms with van der Waals surface area (Å²) in [7, 11) is 1.64. The van der Waals surface area contributed by atoms with Crippen molar-refractivity contribution in [1.82, 2.24) is 10.3 Å². The van der Waals surface area contributed by atoms with Crippen LogP contribution < -0.4 is 15.7 Å². The molecule has 0 aliphatic heterocycles. The number of aryl methyl sites for hydroxylation is 1. The van der Waals surface area contributed by atoms with E-state index in [9.17, 15) is 13.6 Å². The third-order valence-corrected chi connectivity index (χ3v) is 6.10. The van der Waals surface area contributed by atoms with Gasteiger partial charge in [-0.15, -0.1) is 11.3 Å². The Balaban J connectivity index is 1.71. The summed E-state index contributed by atoms with van der Waals surface area (Å²) in [5.41, 5.74) is 8.44. The number of nitrogens with zero attached hydrogens (tertiary/aromatic N) is 3. The van der Waals surface area contributed by atoms with Gasteiger partial charge in [-0.25, -0.2) is 13.8 Å². The zero-order valence-corrected chi connectivity index (χ0v) is 18.0. The first-order valence-corrected chi connectivity index (χ1v) is 10.6. The van der Waals surface area contributed by atoms with E-state index in [1.54, 1.807) is 13.1 Å². The number of hydrogen-bond donors (Lipinski definition) is 2. The summed E-state index contributed by atoms with van der Waals surface area (Å²) in [4.78, 5) is 18.2. The lowest BCUT2D eigenvalue weighted by Gasteiger charge is -2.10. The fraction of sp³-hybridized carbons (Fsp3) is 0.0435. The van der Waals surface area contributed by atoms with E-state index in [4.69, 9.17) is 10.3 Å². The lowest BCUT2D eigenvalue weighted by atomic mass is 9.99. The molecule has 0 bridgehead atoms. The van der Waals surface area contributed by atoms with Gasteiger partial charge in [0.05, 0.1) is 11.4 Å². The Kier molecular flexibility index (Phi) is 5.06. The molecule has 0 spiro atoms. The second kappa shape index (κ2) is 8.06. The van der Waals surface area contributed by atoms with Crippen LogP contribution in [0.2, 0.25) is 0 Å². The van der Waals surface area contributed by atoms with Crippen molar-refractivity contribution in [3.8, 4) is 22.4 Å². The van der Waals surface area contributed by atoms with Gasteiger partial charge in [0.1, 0.15) is 21.3 Å². The minimum absolute atomic E-state index is 0.141. The van der Waals surface area contributed by atoms with E-state index in [1.807, 2.05) is 30.3 Å². The van der Waals surface area contributed by atoms with Gasteiger partial charge in [0, 0.05) is 22.6 Å². The lowest BCUT2D eigenvalue weighted by molar-refractivity contribution is -0.739. The van der Waals surface area contributed by atoms with Crippen molar-refractivity contribution in [3.05, 3.63) is 77.3 Å². The number of rotatable bonds is 4. The molecule has 3 heterocycles. The summed E-state index contributed by atoms with van der Waals surface area (Å²) >= 11 is 1.07. The molecule has 0 aliphatic rings. The van der Waals surface area contributed by atoms with Gasteiger partial charge in [-0.1, -0.05) is 35.0 Å². The van der Waals surface area contributed by atoms with Crippen molar-refractivity contribution in [1.29, 1.82) is 0 Å². The van der Waals surface area contributed by atoms with Gasteiger partial charge in [0.25, 0.3) is 12.1 Å². The number of amides is 1. The minimum atomic E-state index is -0.743. The molecule has 0 fully saturated rings. The molecule has 7 nitrogen and oxygen atoms in total. The predicted molar refractivity (Wildman–Crippen MR) is 120 cm³/mol. The highest BCUT2D eigenvalue weighted by molar-refractivity contribution is 7.21. The van der Waals surface area contributed by atoms with Gasteiger partial charge in [-0.05, 0) is 23.8 Å². The van der Waals surface area contributed by atoms with Crippen molar-refractivity contribution >= 4 is 39.0 Å². The van der Waals surface area contributed by atoms with E-state index in [1.165, 1.54) is 23.0 Å². The van der Waals surface area contributed by atoms with Crippen LogP contribution in [0.5, 0.6) is 0 Å². The van der Waals surface area contributed by atoms with E-state index < -0.39 is 17.5 Å². The average Bonchev–Trinajstić information content (AvgIpc) is 3.36. The van der Waals surface area contributed by atoms with Crippen LogP contribution in [0.4, 0.5) is 20.4 Å². The third-order valence-electron chi connectivity index (χ3n) is 5.00. The van der Waals surface area contributed by atoms with Crippen molar-refractivity contribution in [3.63, 3.8) is 0 Å². The zero-order chi connectivity index (χ0) is 23.1. The number of nitrogens with two attached hydrogens (primary N) is 1. The van der Waals surface area contributed by atoms with Crippen LogP contribution in [0.1, 0.15) is 9.67 Å². The SMILES string of the molecule is C[n+]1cc(NC(=O)c2sc3nc(-c4ccccc4)cc(-c4ccc(F)cc4F)c3c2N)on1. The van der Waals surface area contributed by atoms with Crippen LogP contribution in [0.15, 0.2) is 65.3 Å². The van der Waals surface area contributed by atoms with Crippen LogP contribution in [-0.4, -0.2) is 16.2 Å². The fourth-order valence-electron chi connectivity index (χ4n) is 3.52. The summed E-state index contributed by atoms with van der Waals surface area (Å²) in [6, 6.07) is 14.3. The summed E-state index contributed by atoms with van der Waals surface area (Å²) < 4.78 is 34.8. The number of aromatic nitrogens is 3. The van der Waals surface area contributed by atoms with E-state index in [0.717, 1.165) is 23.0 Å². The Labute approximate surface area is 190 Å². The molecule has 1 amide bonds. The first-order valence-electron chi connectivity index (χ1n) is 9.78. The molecule has 10 heteroatoms. The molecule has 2 aromatic carbocycles. The molecule has 3 N–H and O–H groups in total. The number of carbonyl (C=O) groups is 1. The van der Waals surface area contributed by atoms with E-state index in [-0.39, 0.29) is 22.0 Å². The van der Waals surface area contributed by atoms with Crippen molar-refractivity contribution < 1.29 is 22.8 Å². The number of fused-ring (bicyclic) bond motifs is 1. The first kappa shape index (κ1) is 20.7. The second-order valence-corrected chi connectivity index (χ2v) is 8.26. The first-order chi connectivity index (χ1) is 15.9. The molecule has 0 saturated heterocycles. The van der Waals surface area contributed by atoms with Gasteiger partial charge in [-0.3, -0.25) is 14.6 Å². The van der Waals surface area contributed by atoms with Crippen LogP contribution in [0.25, 0.3) is 32.6 Å². The molecule has 3 aromatic heterocycles. The molecule has 0 radical (unpaired) electrons. The molecule has 5 rings (SSSR count). The number of nitrogens with one attached hydrogen (secondary N) is 1. The molecule has 0 aliphatic carbocycles. The molecule has 0 unspecified atom stereocenters. The summed E-state index contributed by atoms with van der Waals surface area (Å²) in [5, 5.41) is 6.67. The minimum Gasteiger partial charge on any atom is -0.397 e. The predicted octanol–water partition coefficient (Wildman–Crippen LogP) is 4.56. The molecule has 0 atom stereocenters. The summed E-state index contributed by atoms with van der Waals surface area (Å²) in [6.45, 7) is 0. The Morgan fingerprint density at radius 1 is 1.12 bits per heavy atom. The second-order valence-electron chi connectivity index (χ2n) is 7.26. The van der Waals surface area contributed by atoms with Crippen LogP contribution in [0.3, 0.4) is 0 Å². The number of pyridine rings is 1. The van der Waals surface area contributed by atoms with Gasteiger partial charge >= 0.3 is 5.88 Å². The van der Waals surface area contributed by atoms with Crippen LogP contribution in [0, 0.1) is 11.6 Å². The Morgan fingerprint density at radius 2 is 1.91 bits per heavy atom. The maximum absolute atomic E-state index is 14.8. The Bertz CT molecular complexity index is 1510. The molecule has 0 saturated carbocycles. The third kappa shape index (κ3) is 3.80. The maximum atomic E-state index is 14.8. The van der Waals surface area contributed by atoms with Gasteiger partial charge in [0.2, 0.25) is 0 Å². The molecule has 5 aromatic rings. The van der Waals surface area contributed by atoms with Crippen molar-refractivity contribution in [2.45, 2.75) is 0 Å². The molecule has 164 valence electrons. The quantitative estimate of drug-likeness (QED) is 0.380. The van der Waals surface area contributed by atoms with Gasteiger partial charge in [0.15, 0.2) is 12.3 Å². The smallest absolute Gasteiger partial charge is 0.302 e. The number of nitrogen functional groups attached to an aromatic ring is 1. The number of carbonyl (C=O) groups excluding carboxylic acids is 1. The number of hydrogen-bond acceptors (Lipinski definition) is 6. The summed E-state index contributed by atoms with van der Waals surface area (Å²) in [5.74, 6) is -1.81. The Morgan fingerprint density at radius 3 is 2.61 bits per heavy atom. The molecular weight excluding hydrogens is 448 g/mol. The average molecular weight is 464 g/mol. The fourth-order valence-corrected chi connectivity index (χ4v) is 4.53. The van der Waals surface area contributed by atoms with Gasteiger partial charge < -0.3 is 5.73 Å². The topological polar surface area (TPSA) is 97.9 Å². The molecule has 33 heavy (non-hydrogen) atoms. The molecular formula is C23H16F2N5O2S+. The van der Waals surface area contributed by atoms with E-state index in [0.29, 0.717) is 21.5 Å². The number of anilines is 2. The highest BCUT2D eigenvalue weighted by Crippen LogP contribution is 2.42. The standard InChI is InChI=1S/C23H15F2N5O2S/c1-30-11-18(32-29-30)28-22(31)21-20(26)19-15(14-8-7-13(24)9-16(14)25)10-17(27-23(19)33-21)12-5-3-2-4-6-12/h2-11H,1H3,(H2-,26,28,29,31)/p+1. The number of benzene rings is 2. The lowest BCUT2D eigenvalue weighted by Crippen LogP contribution is -2.28. The van der Waals surface area contributed by atoms with Crippen molar-refractivity contribution in [2.24, 2.45) is 7.05 Å². The van der Waals surface area contributed by atoms with Crippen LogP contribution >= 0.6 is 11.3 Å². The largest absolute Gasteiger partial charge is 0.397 e. The highest BCUT2D eigenvalue weighted by atomic mass is 32.1. The summed E-state index contributed by atoms with van der Waals surface area (Å²) in [6.07, 6.45) is 1.49. The van der Waals surface area contributed by atoms with E-state index in [2.05, 4.69) is 15.6 Å². The van der Waals surface area contributed by atoms with Crippen molar-refractivity contribution in [2.75, 3.05) is 11.1 Å². The zero-order valence-electron chi connectivity index (χ0n) is 17.2. The Hall–Kier alpha value is -4.18. The van der Waals surface area contributed by atoms with Gasteiger partial charge in [-0.2, -0.15) is 0 Å². The normalized spacial score (nSPS) is 11.1. The van der Waals surface area contributed by atoms with Crippen LogP contribution in [-0.2, 0) is 7.05 Å². The van der Waals surface area contributed by atoms with E-state index >= 15 is 0 Å². The maximum Gasteiger partial charge on any atom is 0.302 e. The highest BCUT2D eigenvalue weighted by Gasteiger charge is 2.24. The number of thiophene rings is 1. The monoisotopic (exact) mass is 464 g/mol. The number of halogens is 2.